The number of aliphatic hydroxyl groups excluding tert-OH is 2. The summed E-state index contributed by atoms with van der Waals surface area (Å²) in [5, 5.41) is 42.9. The normalized spacial score (nSPS) is 21.7. The summed E-state index contributed by atoms with van der Waals surface area (Å²) in [7, 11) is 0. The molecule has 0 saturated heterocycles. The number of carboxylic acid groups (broad SMARTS) is 2. The lowest BCUT2D eigenvalue weighted by Gasteiger charge is -2.21. The Morgan fingerprint density at radius 2 is 0.982 bits per heavy atom. The lowest BCUT2D eigenvalue weighted by molar-refractivity contribution is -0.121. The second-order valence-corrected chi connectivity index (χ2v) is 16.0. The number of fused-ring (bicyclic) bond motifs is 4. The predicted molar refractivity (Wildman–Crippen MR) is 205 cm³/mol. The van der Waals surface area contributed by atoms with Gasteiger partial charge in [0.2, 0.25) is 11.8 Å². The van der Waals surface area contributed by atoms with E-state index in [9.17, 15) is 38.2 Å². The van der Waals surface area contributed by atoms with E-state index in [1.165, 1.54) is 58.3 Å². The molecule has 0 radical (unpaired) electrons. The summed E-state index contributed by atoms with van der Waals surface area (Å²) >= 11 is 0. The number of aliphatic hydroxyl groups is 2. The molecule has 2 spiro atoms. The van der Waals surface area contributed by atoms with E-state index in [4.69, 9.17) is 10.2 Å². The van der Waals surface area contributed by atoms with Crippen LogP contribution in [0.15, 0.2) is 72.8 Å². The maximum atomic E-state index is 14.0. The lowest BCUT2D eigenvalue weighted by atomic mass is 9.89. The van der Waals surface area contributed by atoms with Crippen LogP contribution in [0.25, 0.3) is 0 Å². The first-order valence-corrected chi connectivity index (χ1v) is 18.2. The van der Waals surface area contributed by atoms with Crippen molar-refractivity contribution in [1.82, 2.24) is 0 Å². The van der Waals surface area contributed by atoms with E-state index in [1.807, 2.05) is 27.7 Å². The van der Waals surface area contributed by atoms with Crippen LogP contribution < -0.4 is 20.4 Å². The fraction of sp³-hybridized carbons (Fsp3) is 0.333. The number of amides is 2. The van der Waals surface area contributed by atoms with Gasteiger partial charge < -0.3 is 31.1 Å². The van der Waals surface area contributed by atoms with Crippen LogP contribution in [-0.2, 0) is 20.4 Å². The minimum absolute atomic E-state index is 0.0189. The van der Waals surface area contributed by atoms with Crippen LogP contribution in [0.3, 0.4) is 0 Å². The number of hydrogen-bond donors (Lipinski definition) is 6. The number of carbonyl (C=O) groups excluding carboxylic acids is 2. The topological polar surface area (TPSA) is 180 Å². The molecule has 4 aromatic rings. The minimum atomic E-state index is -1.12. The van der Waals surface area contributed by atoms with E-state index in [2.05, 4.69) is 10.6 Å². The van der Waals surface area contributed by atoms with Crippen molar-refractivity contribution in [2.45, 2.75) is 51.4 Å². The molecule has 2 aliphatic heterocycles. The van der Waals surface area contributed by atoms with Crippen LogP contribution >= 0.6 is 0 Å². The van der Waals surface area contributed by atoms with Gasteiger partial charge >= 0.3 is 11.9 Å². The van der Waals surface area contributed by atoms with Gasteiger partial charge in [0.05, 0.1) is 57.9 Å². The third-order valence-corrected chi connectivity index (χ3v) is 11.7. The first-order valence-electron chi connectivity index (χ1n) is 18.2. The fourth-order valence-corrected chi connectivity index (χ4v) is 8.65. The highest BCUT2D eigenvalue weighted by atomic mass is 19.1. The highest BCUT2D eigenvalue weighted by molar-refractivity contribution is 6.17. The van der Waals surface area contributed by atoms with E-state index < -0.39 is 34.4 Å². The average Bonchev–Trinajstić information content (AvgIpc) is 3.88. The first kappa shape index (κ1) is 38.4. The Morgan fingerprint density at radius 1 is 0.625 bits per heavy atom. The number of nitrogens with zero attached hydrogens (tertiary/aromatic N) is 2. The summed E-state index contributed by atoms with van der Waals surface area (Å²) in [6.07, 6.45) is 1.22. The van der Waals surface area contributed by atoms with E-state index >= 15 is 0 Å². The highest BCUT2D eigenvalue weighted by Gasteiger charge is 2.73. The Bertz CT molecular complexity index is 2170. The van der Waals surface area contributed by atoms with Crippen LogP contribution in [0.1, 0.15) is 72.4 Å². The minimum Gasteiger partial charge on any atom is -0.478 e. The molecule has 14 heteroatoms. The van der Waals surface area contributed by atoms with Gasteiger partial charge in [0.25, 0.3) is 0 Å². The summed E-state index contributed by atoms with van der Waals surface area (Å²) in [4.78, 5) is 53.1. The summed E-state index contributed by atoms with van der Waals surface area (Å²) in [6.45, 7) is 8.17. The lowest BCUT2D eigenvalue weighted by Crippen LogP contribution is -2.31. The number of nitrogens with one attached hydrogen (secondary N) is 2. The summed E-state index contributed by atoms with van der Waals surface area (Å²) < 4.78 is 27.9. The molecule has 12 nitrogen and oxygen atoms in total. The zero-order chi connectivity index (χ0) is 40.5. The summed E-state index contributed by atoms with van der Waals surface area (Å²) in [5.74, 6) is -3.40. The quantitative estimate of drug-likeness (QED) is 0.104. The van der Waals surface area contributed by atoms with Crippen molar-refractivity contribution in [2.75, 3.05) is 46.7 Å². The zero-order valence-electron chi connectivity index (χ0n) is 31.2. The Hall–Kier alpha value is -5.86. The zero-order valence-corrected chi connectivity index (χ0v) is 31.2. The summed E-state index contributed by atoms with van der Waals surface area (Å²) in [5.41, 5.74) is 2.07. The molecule has 4 aromatic carbocycles. The molecule has 0 unspecified atom stereocenters. The monoisotopic (exact) mass is 768 g/mol. The Balaban J connectivity index is 0.000000172. The molecule has 56 heavy (non-hydrogen) atoms. The molecule has 2 aliphatic carbocycles. The van der Waals surface area contributed by atoms with Gasteiger partial charge in [-0.1, -0.05) is 27.7 Å². The molecule has 4 aliphatic rings. The van der Waals surface area contributed by atoms with Crippen LogP contribution in [-0.4, -0.2) is 70.5 Å². The predicted octanol–water partition coefficient (Wildman–Crippen LogP) is 6.55. The third-order valence-electron chi connectivity index (χ3n) is 11.7. The fourth-order valence-electron chi connectivity index (χ4n) is 8.65. The van der Waals surface area contributed by atoms with Crippen molar-refractivity contribution in [1.29, 1.82) is 0 Å². The van der Waals surface area contributed by atoms with Crippen molar-refractivity contribution >= 4 is 57.9 Å². The van der Waals surface area contributed by atoms with Crippen molar-refractivity contribution in [3.05, 3.63) is 107 Å². The number of aromatic carboxylic acids is 2. The van der Waals surface area contributed by atoms with Gasteiger partial charge in [-0.05, 0) is 108 Å². The third kappa shape index (κ3) is 5.95. The van der Waals surface area contributed by atoms with Gasteiger partial charge in [-0.15, -0.1) is 0 Å². The van der Waals surface area contributed by atoms with Crippen LogP contribution in [0.2, 0.25) is 0 Å². The largest absolute Gasteiger partial charge is 0.478 e. The maximum absolute atomic E-state index is 14.0. The van der Waals surface area contributed by atoms with E-state index in [1.54, 1.807) is 24.3 Å². The number of anilines is 6. The van der Waals surface area contributed by atoms with Gasteiger partial charge in [0, 0.05) is 24.5 Å². The SMILES string of the molecule is CC1(C)C[C@@]12C(=O)N(c1cc(NCCO)cc(C(=O)O)c1)c1ccc(F)cc12.CC1(C)C[C@]12C(=O)N(c1cc(NCCO)cc(C(=O)O)c1)c1ccc(F)cc12. The van der Waals surface area contributed by atoms with Gasteiger partial charge in [0.1, 0.15) is 11.6 Å². The number of benzene rings is 4. The number of carbonyl (C=O) groups is 4. The van der Waals surface area contributed by atoms with Crippen molar-refractivity contribution in [2.24, 2.45) is 10.8 Å². The summed E-state index contributed by atoms with van der Waals surface area (Å²) in [6, 6.07) is 17.7. The smallest absolute Gasteiger partial charge is 0.335 e. The molecule has 2 heterocycles. The molecule has 6 N–H and O–H groups in total. The van der Waals surface area contributed by atoms with Crippen molar-refractivity contribution in [3.63, 3.8) is 0 Å². The van der Waals surface area contributed by atoms with Gasteiger partial charge in [0.15, 0.2) is 0 Å². The second-order valence-electron chi connectivity index (χ2n) is 16.0. The number of hydrogen-bond acceptors (Lipinski definition) is 8. The van der Waals surface area contributed by atoms with E-state index in [-0.39, 0.29) is 60.1 Å². The molecular formula is C42H42F2N4O8. The molecular weight excluding hydrogens is 726 g/mol. The van der Waals surface area contributed by atoms with E-state index in [0.717, 1.165) is 0 Å². The maximum Gasteiger partial charge on any atom is 0.335 e. The molecule has 292 valence electrons. The molecule has 0 aromatic heterocycles. The molecule has 2 amide bonds. The van der Waals surface area contributed by atoms with Crippen LogP contribution in [0.4, 0.5) is 42.9 Å². The number of rotatable bonds is 10. The molecule has 2 fully saturated rings. The second kappa shape index (κ2) is 13.4. The van der Waals surface area contributed by atoms with Crippen molar-refractivity contribution in [3.8, 4) is 0 Å². The van der Waals surface area contributed by atoms with Crippen LogP contribution in [0, 0.1) is 22.5 Å². The van der Waals surface area contributed by atoms with Crippen molar-refractivity contribution < 1.29 is 48.4 Å². The van der Waals surface area contributed by atoms with E-state index in [0.29, 0.717) is 58.1 Å². The highest BCUT2D eigenvalue weighted by Crippen LogP contribution is 2.71. The number of carboxylic acids is 2. The number of halogens is 2. The first-order chi connectivity index (χ1) is 26.4. The Labute approximate surface area is 321 Å². The van der Waals surface area contributed by atoms with Gasteiger partial charge in [-0.3, -0.25) is 19.4 Å². The standard InChI is InChI=1S/2C21H21FN2O4/c2*1-20(2)11-21(20)16-9-13(22)3-4-17(16)24(19(21)28)15-8-12(18(26)27)7-14(10-15)23-5-6-25/h2*3-4,7-10,23,25H,5-6,11H2,1-2H3,(H,26,27)/t2*21-/m10/s1. The van der Waals surface area contributed by atoms with Crippen LogP contribution in [0.5, 0.6) is 0 Å². The molecule has 2 atom stereocenters. The van der Waals surface area contributed by atoms with Gasteiger partial charge in [-0.25, -0.2) is 18.4 Å². The molecule has 0 bridgehead atoms. The molecule has 8 rings (SSSR count). The molecule has 2 saturated carbocycles. The Kier molecular flexibility index (Phi) is 9.20. The van der Waals surface area contributed by atoms with Gasteiger partial charge in [-0.2, -0.15) is 0 Å². The Morgan fingerprint density at radius 3 is 1.29 bits per heavy atom. The average molecular weight is 769 g/mol.